The summed E-state index contributed by atoms with van der Waals surface area (Å²) in [6.45, 7) is 0. The van der Waals surface area contributed by atoms with E-state index in [1.165, 1.54) is 0 Å². The number of benzene rings is 1. The van der Waals surface area contributed by atoms with Crippen LogP contribution >= 0.6 is 0 Å². The molecule has 6 nitrogen and oxygen atoms in total. The Morgan fingerprint density at radius 2 is 1.62 bits per heavy atom. The second kappa shape index (κ2) is 5.65. The van der Waals surface area contributed by atoms with Gasteiger partial charge in [0.2, 0.25) is 5.25 Å². The van der Waals surface area contributed by atoms with Crippen LogP contribution in [0.15, 0.2) is 24.3 Å². The van der Waals surface area contributed by atoms with Crippen molar-refractivity contribution < 1.29 is 28.0 Å². The van der Waals surface area contributed by atoms with E-state index in [4.69, 9.17) is 14.8 Å². The molecule has 0 spiro atoms. The number of phenols is 1. The molecule has 0 saturated heterocycles. The van der Waals surface area contributed by atoms with Crippen molar-refractivity contribution >= 4 is 45.6 Å². The van der Waals surface area contributed by atoms with Crippen LogP contribution in [-0.2, 0) is 14.9 Å². The van der Waals surface area contributed by atoms with Crippen LogP contribution in [0.25, 0.3) is 0 Å². The zero-order valence-corrected chi connectivity index (χ0v) is 8.18. The molecule has 0 radical (unpaired) electrons. The fraction of sp³-hybridized carbons (Fsp3) is 0.125. The molecule has 0 bridgehead atoms. The molecule has 0 aliphatic heterocycles. The maximum atomic E-state index is 10.8. The Labute approximate surface area is 114 Å². The third kappa shape index (κ3) is 3.76. The Bertz CT molecular complexity index is 466. The summed E-state index contributed by atoms with van der Waals surface area (Å²) < 4.78 is 30.2. The Kier molecular flexibility index (Phi) is 5.43. The Hall–Kier alpha value is -0.600. The maximum absolute atomic E-state index is 10.8. The molecule has 1 aromatic rings. The summed E-state index contributed by atoms with van der Waals surface area (Å²) in [5.41, 5.74) is -0.122. The average Bonchev–Trinajstić information content (AvgIpc) is 2.05. The molecule has 16 heavy (non-hydrogen) atoms. The molecule has 84 valence electrons. The molecule has 1 aromatic carbocycles. The molecule has 8 heteroatoms. The summed E-state index contributed by atoms with van der Waals surface area (Å²) in [7, 11) is -4.71. The number of aromatic hydroxyl groups is 1. The summed E-state index contributed by atoms with van der Waals surface area (Å²) in [5, 5.41) is 15.5. The molecule has 1 rings (SSSR count). The quantitative estimate of drug-likeness (QED) is 0.508. The number of hydrogen-bond acceptors (Lipinski definition) is 4. The molecular formula is C8H9NaO6S. The number of carboxylic acids is 1. The Morgan fingerprint density at radius 1 is 1.19 bits per heavy atom. The van der Waals surface area contributed by atoms with Crippen molar-refractivity contribution in [3.63, 3.8) is 0 Å². The van der Waals surface area contributed by atoms with Gasteiger partial charge in [0.05, 0.1) is 0 Å². The van der Waals surface area contributed by atoms with Gasteiger partial charge in [0, 0.05) is 0 Å². The van der Waals surface area contributed by atoms with Crippen molar-refractivity contribution in [2.45, 2.75) is 5.25 Å². The second-order valence-corrected chi connectivity index (χ2v) is 4.33. The van der Waals surface area contributed by atoms with E-state index in [2.05, 4.69) is 0 Å². The van der Waals surface area contributed by atoms with Gasteiger partial charge < -0.3 is 10.2 Å². The molecule has 0 aliphatic carbocycles. The first-order valence-corrected chi connectivity index (χ1v) is 5.30. The van der Waals surface area contributed by atoms with Gasteiger partial charge in [0.15, 0.2) is 0 Å². The van der Waals surface area contributed by atoms with Gasteiger partial charge in [-0.05, 0) is 17.7 Å². The van der Waals surface area contributed by atoms with Crippen LogP contribution in [0.2, 0.25) is 0 Å². The Balaban J connectivity index is 0.00000225. The van der Waals surface area contributed by atoms with E-state index in [0.717, 1.165) is 24.3 Å². The van der Waals surface area contributed by atoms with Gasteiger partial charge in [0.1, 0.15) is 5.75 Å². The number of hydrogen-bond donors (Lipinski definition) is 3. The van der Waals surface area contributed by atoms with Crippen LogP contribution in [0.4, 0.5) is 0 Å². The second-order valence-electron chi connectivity index (χ2n) is 2.82. The fourth-order valence-electron chi connectivity index (χ4n) is 1.09. The average molecular weight is 256 g/mol. The number of phenolic OH excluding ortho intramolecular Hbond substituents is 1. The van der Waals surface area contributed by atoms with Gasteiger partial charge in [-0.1, -0.05) is 12.1 Å². The first-order chi connectivity index (χ1) is 6.82. The van der Waals surface area contributed by atoms with Gasteiger partial charge >= 0.3 is 35.5 Å². The predicted octanol–water partition coefficient (Wildman–Crippen LogP) is -0.243. The first-order valence-electron chi connectivity index (χ1n) is 3.80. The van der Waals surface area contributed by atoms with Crippen LogP contribution < -0.4 is 0 Å². The summed E-state index contributed by atoms with van der Waals surface area (Å²) >= 11 is 0. The Morgan fingerprint density at radius 3 is 1.94 bits per heavy atom. The van der Waals surface area contributed by atoms with Crippen molar-refractivity contribution in [3.05, 3.63) is 29.8 Å². The van der Waals surface area contributed by atoms with E-state index in [1.807, 2.05) is 0 Å². The molecule has 3 N–H and O–H groups in total. The number of carboxylic acid groups (broad SMARTS) is 1. The van der Waals surface area contributed by atoms with E-state index < -0.39 is 21.3 Å². The molecule has 1 atom stereocenters. The summed E-state index contributed by atoms with van der Waals surface area (Å²) in [5.74, 6) is -1.80. The predicted molar refractivity (Wildman–Crippen MR) is 57.2 cm³/mol. The van der Waals surface area contributed by atoms with Gasteiger partial charge in [-0.15, -0.1) is 0 Å². The van der Waals surface area contributed by atoms with Crippen LogP contribution in [0.3, 0.4) is 0 Å². The van der Waals surface area contributed by atoms with Crippen molar-refractivity contribution in [2.75, 3.05) is 0 Å². The number of rotatable bonds is 3. The van der Waals surface area contributed by atoms with E-state index >= 15 is 0 Å². The molecule has 0 amide bonds. The van der Waals surface area contributed by atoms with E-state index in [1.54, 1.807) is 0 Å². The van der Waals surface area contributed by atoms with Crippen molar-refractivity contribution in [1.29, 1.82) is 0 Å². The van der Waals surface area contributed by atoms with Crippen LogP contribution in [0.5, 0.6) is 5.75 Å². The van der Waals surface area contributed by atoms with Gasteiger partial charge in [0.25, 0.3) is 10.1 Å². The van der Waals surface area contributed by atoms with Crippen molar-refractivity contribution in [3.8, 4) is 5.75 Å². The van der Waals surface area contributed by atoms with E-state index in [0.29, 0.717) is 0 Å². The minimum absolute atomic E-state index is 0. The van der Waals surface area contributed by atoms with Gasteiger partial charge in [-0.25, -0.2) is 0 Å². The fourth-order valence-corrected chi connectivity index (χ4v) is 1.85. The molecule has 0 aliphatic rings. The monoisotopic (exact) mass is 256 g/mol. The topological polar surface area (TPSA) is 112 Å². The molecule has 0 saturated carbocycles. The molecule has 0 aromatic heterocycles. The third-order valence-electron chi connectivity index (χ3n) is 1.72. The summed E-state index contributed by atoms with van der Waals surface area (Å²) in [6, 6.07) is 4.50. The van der Waals surface area contributed by atoms with E-state index in [-0.39, 0.29) is 40.9 Å². The molecule has 1 unspecified atom stereocenters. The van der Waals surface area contributed by atoms with Gasteiger partial charge in [-0.2, -0.15) is 8.42 Å². The molecule has 0 fully saturated rings. The van der Waals surface area contributed by atoms with Crippen molar-refractivity contribution in [2.24, 2.45) is 0 Å². The van der Waals surface area contributed by atoms with Crippen LogP contribution in [0.1, 0.15) is 10.8 Å². The summed E-state index contributed by atoms with van der Waals surface area (Å²) in [4.78, 5) is 10.6. The minimum atomic E-state index is -4.71. The van der Waals surface area contributed by atoms with Crippen LogP contribution in [0, 0.1) is 0 Å². The van der Waals surface area contributed by atoms with Crippen molar-refractivity contribution in [1.82, 2.24) is 0 Å². The van der Waals surface area contributed by atoms with Crippen LogP contribution in [-0.4, -0.2) is 58.7 Å². The van der Waals surface area contributed by atoms with E-state index in [9.17, 15) is 13.2 Å². The SMILES string of the molecule is O=C(O)C(c1ccc(O)cc1)S(=O)(=O)O.[NaH]. The standard InChI is InChI=1S/C8H8O6S.Na.H/c9-6-3-1-5(2-4-6)7(8(10)11)15(12,13)14;;/h1-4,7,9H,(H,10,11)(H,12,13,14);;. The number of aliphatic carboxylic acids is 1. The number of carbonyl (C=O) groups is 1. The zero-order valence-electron chi connectivity index (χ0n) is 7.36. The molecular weight excluding hydrogens is 247 g/mol. The molecule has 0 heterocycles. The zero-order chi connectivity index (χ0) is 11.6. The first kappa shape index (κ1) is 15.4. The van der Waals surface area contributed by atoms with Gasteiger partial charge in [-0.3, -0.25) is 9.35 Å². The normalized spacial score (nSPS) is 12.6. The summed E-state index contributed by atoms with van der Waals surface area (Å²) in [6.07, 6.45) is 0. The third-order valence-corrected chi connectivity index (χ3v) is 2.79.